The van der Waals surface area contributed by atoms with Crippen molar-refractivity contribution in [3.8, 4) is 28.5 Å². The van der Waals surface area contributed by atoms with E-state index < -0.39 is 0 Å². The van der Waals surface area contributed by atoms with Crippen LogP contribution >= 0.6 is 0 Å². The van der Waals surface area contributed by atoms with E-state index in [0.29, 0.717) is 24.7 Å². The molecular weight excluding hydrogens is 390 g/mol. The van der Waals surface area contributed by atoms with Gasteiger partial charge in [-0.05, 0) is 36.6 Å². The van der Waals surface area contributed by atoms with Gasteiger partial charge in [0.05, 0.1) is 19.4 Å². The molecule has 1 heterocycles. The summed E-state index contributed by atoms with van der Waals surface area (Å²) in [5.41, 5.74) is 2.79. The van der Waals surface area contributed by atoms with Crippen LogP contribution in [0.25, 0.3) is 11.3 Å². The number of unbranched alkanes of at least 4 members (excludes halogenated alkanes) is 3. The molecule has 0 amide bonds. The number of hydrogen-bond donors (Lipinski definition) is 1. The predicted octanol–water partition coefficient (Wildman–Crippen LogP) is 5.85. The molecule has 6 heteroatoms. The molecule has 0 aliphatic heterocycles. The highest BCUT2D eigenvalue weighted by atomic mass is 16.5. The first-order chi connectivity index (χ1) is 15.2. The first kappa shape index (κ1) is 24.1. The third-order valence-corrected chi connectivity index (χ3v) is 4.65. The molecule has 0 atom stereocenters. The molecule has 31 heavy (non-hydrogen) atoms. The number of phenolic OH excluding ortho intramolecular Hbond substituents is 1. The highest BCUT2D eigenvalue weighted by molar-refractivity contribution is 5.64. The number of rotatable bonds is 10. The molecular formula is C25H33N3O3. The number of para-hydroxylation sites is 1. The number of aryl methyl sites for hydroxylation is 1. The average Bonchev–Trinajstić information content (AvgIpc) is 2.81. The molecule has 3 aromatic rings. The van der Waals surface area contributed by atoms with Gasteiger partial charge in [-0.1, -0.05) is 75.6 Å². The molecule has 166 valence electrons. The summed E-state index contributed by atoms with van der Waals surface area (Å²) in [7, 11) is 0. The molecule has 0 spiro atoms. The van der Waals surface area contributed by atoms with Gasteiger partial charge in [0.1, 0.15) is 5.69 Å². The van der Waals surface area contributed by atoms with Gasteiger partial charge in [-0.15, -0.1) is 10.2 Å². The number of aromatic hydroxyl groups is 1. The van der Waals surface area contributed by atoms with Crippen LogP contribution in [0.15, 0.2) is 54.7 Å². The Morgan fingerprint density at radius 1 is 0.871 bits per heavy atom. The summed E-state index contributed by atoms with van der Waals surface area (Å²) in [6, 6.07) is 15.3. The van der Waals surface area contributed by atoms with E-state index in [4.69, 9.17) is 9.47 Å². The number of hydrogen-bond acceptors (Lipinski definition) is 6. The maximum Gasteiger partial charge on any atom is 0.167 e. The van der Waals surface area contributed by atoms with Crippen molar-refractivity contribution in [1.29, 1.82) is 0 Å². The third-order valence-electron chi connectivity index (χ3n) is 4.65. The molecule has 0 saturated heterocycles. The third kappa shape index (κ3) is 7.89. The number of phenols is 1. The van der Waals surface area contributed by atoms with E-state index >= 15 is 0 Å². The first-order valence-electron chi connectivity index (χ1n) is 11.0. The fourth-order valence-electron chi connectivity index (χ4n) is 3.04. The van der Waals surface area contributed by atoms with Crippen molar-refractivity contribution in [2.75, 3.05) is 13.2 Å². The van der Waals surface area contributed by atoms with Gasteiger partial charge in [-0.2, -0.15) is 0 Å². The Hall–Kier alpha value is -3.15. The number of ether oxygens (including phenoxy) is 2. The van der Waals surface area contributed by atoms with Crippen LogP contribution < -0.4 is 9.47 Å². The molecule has 0 bridgehead atoms. The van der Waals surface area contributed by atoms with E-state index in [-0.39, 0.29) is 5.75 Å². The van der Waals surface area contributed by atoms with Crippen molar-refractivity contribution in [2.24, 2.45) is 0 Å². The largest absolute Gasteiger partial charge is 0.504 e. The van der Waals surface area contributed by atoms with Gasteiger partial charge in [0, 0.05) is 5.56 Å². The molecule has 0 radical (unpaired) electrons. The van der Waals surface area contributed by atoms with Crippen molar-refractivity contribution in [3.63, 3.8) is 0 Å². The van der Waals surface area contributed by atoms with Gasteiger partial charge in [0.15, 0.2) is 17.2 Å². The molecule has 0 unspecified atom stereocenters. The van der Waals surface area contributed by atoms with Crippen molar-refractivity contribution in [3.05, 3.63) is 60.3 Å². The minimum absolute atomic E-state index is 0.259. The normalized spacial score (nSPS) is 10.2. The Balaban J connectivity index is 0.000000220. The topological polar surface area (TPSA) is 77.4 Å². The fraction of sp³-hybridized carbons (Fsp3) is 0.400. The molecule has 0 aliphatic carbocycles. The van der Waals surface area contributed by atoms with Crippen molar-refractivity contribution >= 4 is 0 Å². The standard InChI is InChI=1S/C14H22O2.C11H11N3O/c1-3-5-6-7-11-16-14-12(4-2)9-8-10-13(14)15;1-2-15-10-8-12-14-13-11(10)9-6-4-3-5-7-9/h8-10,15H,3-7,11H2,1-2H3;3-8H,2H2,1H3. The lowest BCUT2D eigenvalue weighted by Crippen LogP contribution is -2.00. The summed E-state index contributed by atoms with van der Waals surface area (Å²) < 4.78 is 11.1. The van der Waals surface area contributed by atoms with Crippen LogP contribution in [0.3, 0.4) is 0 Å². The zero-order chi connectivity index (χ0) is 22.3. The van der Waals surface area contributed by atoms with E-state index in [1.807, 2.05) is 49.4 Å². The van der Waals surface area contributed by atoms with Gasteiger partial charge >= 0.3 is 0 Å². The molecule has 6 nitrogen and oxygen atoms in total. The lowest BCUT2D eigenvalue weighted by molar-refractivity contribution is 0.286. The summed E-state index contributed by atoms with van der Waals surface area (Å²) in [6.45, 7) is 7.48. The fourth-order valence-corrected chi connectivity index (χ4v) is 3.04. The minimum Gasteiger partial charge on any atom is -0.504 e. The van der Waals surface area contributed by atoms with Crippen molar-refractivity contribution in [2.45, 2.75) is 52.9 Å². The Kier molecular flexibility index (Phi) is 10.9. The molecule has 1 aromatic heterocycles. The Morgan fingerprint density at radius 3 is 2.39 bits per heavy atom. The van der Waals surface area contributed by atoms with E-state index in [1.165, 1.54) is 19.3 Å². The Morgan fingerprint density at radius 2 is 1.68 bits per heavy atom. The lowest BCUT2D eigenvalue weighted by atomic mass is 10.1. The van der Waals surface area contributed by atoms with Gasteiger partial charge in [0.2, 0.25) is 0 Å². The summed E-state index contributed by atoms with van der Waals surface area (Å²) in [4.78, 5) is 0. The molecule has 3 rings (SSSR count). The highest BCUT2D eigenvalue weighted by Crippen LogP contribution is 2.30. The van der Waals surface area contributed by atoms with Gasteiger partial charge in [-0.25, -0.2) is 0 Å². The van der Waals surface area contributed by atoms with Crippen LogP contribution in [0.2, 0.25) is 0 Å². The number of nitrogens with zero attached hydrogens (tertiary/aromatic N) is 3. The molecule has 2 aromatic carbocycles. The highest BCUT2D eigenvalue weighted by Gasteiger charge is 2.08. The average molecular weight is 424 g/mol. The van der Waals surface area contributed by atoms with Crippen molar-refractivity contribution in [1.82, 2.24) is 15.4 Å². The maximum absolute atomic E-state index is 9.70. The van der Waals surface area contributed by atoms with Crippen LogP contribution in [0, 0.1) is 0 Å². The monoisotopic (exact) mass is 423 g/mol. The van der Waals surface area contributed by atoms with Crippen LogP contribution in [-0.2, 0) is 6.42 Å². The minimum atomic E-state index is 0.259. The zero-order valence-corrected chi connectivity index (χ0v) is 18.8. The summed E-state index contributed by atoms with van der Waals surface area (Å²) >= 11 is 0. The van der Waals surface area contributed by atoms with Crippen molar-refractivity contribution < 1.29 is 14.6 Å². The van der Waals surface area contributed by atoms with Crippen LogP contribution in [0.5, 0.6) is 17.2 Å². The van der Waals surface area contributed by atoms with E-state index in [9.17, 15) is 5.11 Å². The van der Waals surface area contributed by atoms with E-state index in [0.717, 1.165) is 29.7 Å². The molecule has 0 fully saturated rings. The summed E-state index contributed by atoms with van der Waals surface area (Å²) in [5.74, 6) is 1.59. The van der Waals surface area contributed by atoms with Gasteiger partial charge in [-0.3, -0.25) is 0 Å². The Bertz CT molecular complexity index is 888. The quantitative estimate of drug-likeness (QED) is 0.412. The number of benzene rings is 2. The smallest absolute Gasteiger partial charge is 0.167 e. The lowest BCUT2D eigenvalue weighted by Gasteiger charge is -2.11. The zero-order valence-electron chi connectivity index (χ0n) is 18.8. The van der Waals surface area contributed by atoms with E-state index in [2.05, 4.69) is 29.3 Å². The summed E-state index contributed by atoms with van der Waals surface area (Å²) in [5, 5.41) is 21.0. The second-order valence-corrected chi connectivity index (χ2v) is 6.97. The molecule has 0 aliphatic rings. The molecule has 0 saturated carbocycles. The van der Waals surface area contributed by atoms with Crippen LogP contribution in [0.1, 0.15) is 52.0 Å². The van der Waals surface area contributed by atoms with Gasteiger partial charge in [0.25, 0.3) is 0 Å². The predicted molar refractivity (Wildman–Crippen MR) is 124 cm³/mol. The summed E-state index contributed by atoms with van der Waals surface area (Å²) in [6.07, 6.45) is 7.22. The first-order valence-corrected chi connectivity index (χ1v) is 11.0. The van der Waals surface area contributed by atoms with E-state index in [1.54, 1.807) is 12.3 Å². The molecule has 1 N–H and O–H groups in total. The van der Waals surface area contributed by atoms with Crippen LogP contribution in [0.4, 0.5) is 0 Å². The van der Waals surface area contributed by atoms with Crippen LogP contribution in [-0.4, -0.2) is 33.7 Å². The van der Waals surface area contributed by atoms with Gasteiger partial charge < -0.3 is 14.6 Å². The maximum atomic E-state index is 9.70. The second-order valence-electron chi connectivity index (χ2n) is 6.97. The SMILES string of the molecule is CCCCCCOc1c(O)cccc1CC.CCOc1cnnnc1-c1ccccc1. The second kappa shape index (κ2) is 14.0. The number of aromatic nitrogens is 3. The Labute approximate surface area is 185 Å².